The number of hydrogen-bond donors (Lipinski definition) is 1. The van der Waals surface area contributed by atoms with Gasteiger partial charge in [-0.25, -0.2) is 0 Å². The van der Waals surface area contributed by atoms with Crippen molar-refractivity contribution in [3.05, 3.63) is 0 Å². The summed E-state index contributed by atoms with van der Waals surface area (Å²) in [5, 5.41) is 8.64. The monoisotopic (exact) mass is 336 g/mol. The highest BCUT2D eigenvalue weighted by molar-refractivity contribution is 5.88. The molecule has 24 heavy (non-hydrogen) atoms. The maximum absolute atomic E-state index is 12.5. The van der Waals surface area contributed by atoms with Crippen molar-refractivity contribution in [1.82, 2.24) is 0 Å². The van der Waals surface area contributed by atoms with E-state index in [9.17, 15) is 14.4 Å². The van der Waals surface area contributed by atoms with Gasteiger partial charge in [0.15, 0.2) is 0 Å². The minimum absolute atomic E-state index is 0.133. The second-order valence-corrected chi connectivity index (χ2v) is 7.70. The van der Waals surface area contributed by atoms with Gasteiger partial charge >= 0.3 is 5.97 Å². The topological polar surface area (TPSA) is 71.4 Å². The molecule has 0 bridgehead atoms. The summed E-state index contributed by atoms with van der Waals surface area (Å²) in [4.78, 5) is 35.3. The van der Waals surface area contributed by atoms with E-state index < -0.39 is 5.97 Å². The molecule has 1 N–H and O–H groups in total. The van der Waals surface area contributed by atoms with Gasteiger partial charge in [0, 0.05) is 31.1 Å². The Kier molecular flexibility index (Phi) is 7.44. The number of unbranched alkanes of at least 4 members (excludes halogenated alkanes) is 4. The summed E-state index contributed by atoms with van der Waals surface area (Å²) in [5.41, 5.74) is 0. The third-order valence-electron chi connectivity index (χ3n) is 6.10. The first-order valence-corrected chi connectivity index (χ1v) is 9.81. The number of carbonyl (C=O) groups is 3. The molecule has 2 unspecified atom stereocenters. The highest BCUT2D eigenvalue weighted by atomic mass is 16.4. The molecule has 0 heterocycles. The summed E-state index contributed by atoms with van der Waals surface area (Å²) in [6, 6.07) is 0. The number of carboxylic acid groups (broad SMARTS) is 1. The summed E-state index contributed by atoms with van der Waals surface area (Å²) in [6.45, 7) is 2.15. The second kappa shape index (κ2) is 9.33. The van der Waals surface area contributed by atoms with Crippen molar-refractivity contribution in [1.29, 1.82) is 0 Å². The van der Waals surface area contributed by atoms with Crippen LogP contribution in [0.25, 0.3) is 0 Å². The molecule has 0 spiro atoms. The van der Waals surface area contributed by atoms with E-state index in [0.29, 0.717) is 36.2 Å². The molecule has 2 aliphatic carbocycles. The largest absolute Gasteiger partial charge is 0.481 e. The van der Waals surface area contributed by atoms with Gasteiger partial charge in [-0.2, -0.15) is 0 Å². The van der Waals surface area contributed by atoms with Crippen LogP contribution in [0.5, 0.6) is 0 Å². The first-order chi connectivity index (χ1) is 11.5. The van der Waals surface area contributed by atoms with Gasteiger partial charge in [-0.05, 0) is 37.5 Å². The number of ketones is 2. The number of carboxylic acids is 1. The van der Waals surface area contributed by atoms with Crippen molar-refractivity contribution in [2.24, 2.45) is 23.7 Å². The van der Waals surface area contributed by atoms with E-state index in [4.69, 9.17) is 5.11 Å². The average molecular weight is 336 g/mol. The first-order valence-electron chi connectivity index (χ1n) is 9.81. The molecule has 2 aliphatic rings. The van der Waals surface area contributed by atoms with Gasteiger partial charge in [0.05, 0.1) is 0 Å². The fourth-order valence-corrected chi connectivity index (χ4v) is 4.83. The zero-order valence-corrected chi connectivity index (χ0v) is 15.0. The third-order valence-corrected chi connectivity index (χ3v) is 6.10. The van der Waals surface area contributed by atoms with Gasteiger partial charge in [-0.1, -0.05) is 39.0 Å². The van der Waals surface area contributed by atoms with Gasteiger partial charge in [-0.15, -0.1) is 0 Å². The zero-order valence-electron chi connectivity index (χ0n) is 15.0. The van der Waals surface area contributed by atoms with Crippen molar-refractivity contribution < 1.29 is 19.5 Å². The predicted molar refractivity (Wildman–Crippen MR) is 92.7 cm³/mol. The Hall–Kier alpha value is -1.19. The Bertz CT molecular complexity index is 457. The van der Waals surface area contributed by atoms with Gasteiger partial charge in [0.2, 0.25) is 0 Å². The average Bonchev–Trinajstić information content (AvgIpc) is 2.85. The summed E-state index contributed by atoms with van der Waals surface area (Å²) in [5.74, 6) is 1.07. The van der Waals surface area contributed by atoms with Gasteiger partial charge < -0.3 is 5.11 Å². The minimum Gasteiger partial charge on any atom is -0.481 e. The van der Waals surface area contributed by atoms with Gasteiger partial charge in [0.25, 0.3) is 0 Å². The molecule has 0 aliphatic heterocycles. The number of hydrogen-bond acceptors (Lipinski definition) is 3. The van der Waals surface area contributed by atoms with Crippen LogP contribution in [0.2, 0.25) is 0 Å². The molecular formula is C20H32O4. The maximum atomic E-state index is 12.5. The van der Waals surface area contributed by atoms with Crippen molar-refractivity contribution >= 4 is 17.5 Å². The van der Waals surface area contributed by atoms with Crippen LogP contribution < -0.4 is 0 Å². The lowest BCUT2D eigenvalue weighted by Crippen LogP contribution is -2.34. The van der Waals surface area contributed by atoms with Crippen LogP contribution in [-0.2, 0) is 14.4 Å². The highest BCUT2D eigenvalue weighted by Gasteiger charge is 2.48. The minimum atomic E-state index is -0.728. The van der Waals surface area contributed by atoms with Crippen LogP contribution >= 0.6 is 0 Å². The van der Waals surface area contributed by atoms with Crippen LogP contribution in [0.15, 0.2) is 0 Å². The molecule has 0 aromatic heterocycles. The molecule has 2 fully saturated rings. The Morgan fingerprint density at radius 1 is 0.958 bits per heavy atom. The van der Waals surface area contributed by atoms with E-state index in [1.807, 2.05) is 0 Å². The summed E-state index contributed by atoms with van der Waals surface area (Å²) in [6.07, 6.45) is 10.2. The molecule has 0 radical (unpaired) electrons. The molecule has 4 nitrogen and oxygen atoms in total. The van der Waals surface area contributed by atoms with Crippen molar-refractivity contribution in [3.8, 4) is 0 Å². The van der Waals surface area contributed by atoms with Crippen LogP contribution in [0, 0.1) is 23.7 Å². The molecular weight excluding hydrogens is 304 g/mol. The number of aliphatic carboxylic acids is 1. The normalized spacial score (nSPS) is 29.7. The molecule has 2 rings (SSSR count). The SMILES string of the molecule is CCCCC1C(=O)CC[C@@H]2C(CCCCCCC(=O)O)C(=O)C[C@H]12. The molecule has 2 saturated carbocycles. The van der Waals surface area contributed by atoms with E-state index in [-0.39, 0.29) is 18.3 Å². The standard InChI is InChI=1S/C20H32O4/c1-2-3-8-16-17-13-19(22)15(14(17)11-12-18(16)21)9-6-4-5-7-10-20(23)24/h14-17H,2-13H2,1H3,(H,23,24)/t14-,15?,16?,17+/m1/s1. The van der Waals surface area contributed by atoms with E-state index in [0.717, 1.165) is 57.8 Å². The molecule has 0 amide bonds. The number of fused-ring (bicyclic) bond motifs is 1. The quantitative estimate of drug-likeness (QED) is 0.600. The fourth-order valence-electron chi connectivity index (χ4n) is 4.83. The zero-order chi connectivity index (χ0) is 17.5. The Morgan fingerprint density at radius 3 is 2.33 bits per heavy atom. The summed E-state index contributed by atoms with van der Waals surface area (Å²) in [7, 11) is 0. The van der Waals surface area contributed by atoms with Gasteiger partial charge in [-0.3, -0.25) is 14.4 Å². The van der Waals surface area contributed by atoms with Crippen LogP contribution in [0.3, 0.4) is 0 Å². The first kappa shape index (κ1) is 19.1. The number of carbonyl (C=O) groups excluding carboxylic acids is 2. The second-order valence-electron chi connectivity index (χ2n) is 7.70. The van der Waals surface area contributed by atoms with E-state index >= 15 is 0 Å². The van der Waals surface area contributed by atoms with E-state index in [1.54, 1.807) is 0 Å². The van der Waals surface area contributed by atoms with Crippen LogP contribution in [0.1, 0.15) is 84.0 Å². The van der Waals surface area contributed by atoms with Crippen molar-refractivity contribution in [2.75, 3.05) is 0 Å². The lowest BCUT2D eigenvalue weighted by Gasteiger charge is -2.34. The Morgan fingerprint density at radius 2 is 1.62 bits per heavy atom. The van der Waals surface area contributed by atoms with Crippen molar-refractivity contribution in [2.45, 2.75) is 84.0 Å². The molecule has 0 aromatic rings. The van der Waals surface area contributed by atoms with Crippen LogP contribution in [-0.4, -0.2) is 22.6 Å². The van der Waals surface area contributed by atoms with Crippen molar-refractivity contribution in [3.63, 3.8) is 0 Å². The van der Waals surface area contributed by atoms with E-state index in [2.05, 4.69) is 6.92 Å². The molecule has 0 aromatic carbocycles. The molecule has 4 atom stereocenters. The number of rotatable bonds is 10. The maximum Gasteiger partial charge on any atom is 0.303 e. The lowest BCUT2D eigenvalue weighted by atomic mass is 9.69. The van der Waals surface area contributed by atoms with E-state index in [1.165, 1.54) is 0 Å². The number of Topliss-reactive ketones (excluding diaryl/α,β-unsaturated/α-hetero) is 2. The molecule has 4 heteroatoms. The lowest BCUT2D eigenvalue weighted by molar-refractivity contribution is -0.137. The Balaban J connectivity index is 1.81. The summed E-state index contributed by atoms with van der Waals surface area (Å²) >= 11 is 0. The van der Waals surface area contributed by atoms with Gasteiger partial charge in [0.1, 0.15) is 11.6 Å². The Labute approximate surface area is 145 Å². The highest BCUT2D eigenvalue weighted by Crippen LogP contribution is 2.48. The summed E-state index contributed by atoms with van der Waals surface area (Å²) < 4.78 is 0. The third kappa shape index (κ3) is 4.90. The predicted octanol–water partition coefficient (Wildman–Crippen LogP) is 4.40. The smallest absolute Gasteiger partial charge is 0.303 e. The van der Waals surface area contributed by atoms with Crippen LogP contribution in [0.4, 0.5) is 0 Å². The fraction of sp³-hybridized carbons (Fsp3) is 0.850. The molecule has 0 saturated heterocycles. The molecule has 136 valence electrons.